The van der Waals surface area contributed by atoms with Gasteiger partial charge in [-0.1, -0.05) is 23.4 Å². The third-order valence-electron chi connectivity index (χ3n) is 3.88. The standard InChI is InChI=1S/C18H15ClF3N3O4S/c1-28-16(27)10-2-4-13(5-3-10)29-8-12(26)9-30-17-24-23-15-14(19)6-11(7-25(15)17)18(20,21)22/h2-7,12,26H,8-9H2,1H3/t12-/m1/s1. The number of ether oxygens (including phenoxy) is 2. The first-order valence-electron chi connectivity index (χ1n) is 8.42. The van der Waals surface area contributed by atoms with Crippen molar-refractivity contribution in [3.63, 3.8) is 0 Å². The van der Waals surface area contributed by atoms with E-state index in [1.54, 1.807) is 12.1 Å². The van der Waals surface area contributed by atoms with Crippen molar-refractivity contribution >= 4 is 35.0 Å². The Morgan fingerprint density at radius 2 is 2.00 bits per heavy atom. The van der Waals surface area contributed by atoms with Gasteiger partial charge in [0.2, 0.25) is 0 Å². The summed E-state index contributed by atoms with van der Waals surface area (Å²) in [5.41, 5.74) is -0.485. The lowest BCUT2D eigenvalue weighted by atomic mass is 10.2. The Morgan fingerprint density at radius 3 is 2.63 bits per heavy atom. The largest absolute Gasteiger partial charge is 0.491 e. The normalized spacial score (nSPS) is 12.7. The number of halogens is 4. The number of alkyl halides is 3. The van der Waals surface area contributed by atoms with E-state index in [-0.39, 0.29) is 28.2 Å². The number of pyridine rings is 1. The fourth-order valence-electron chi connectivity index (χ4n) is 2.40. The van der Waals surface area contributed by atoms with Gasteiger partial charge in [0.1, 0.15) is 12.4 Å². The van der Waals surface area contributed by atoms with Crippen LogP contribution in [0.5, 0.6) is 5.75 Å². The van der Waals surface area contributed by atoms with Crippen molar-refractivity contribution in [1.82, 2.24) is 14.6 Å². The van der Waals surface area contributed by atoms with Gasteiger partial charge in [0, 0.05) is 11.9 Å². The molecular formula is C18H15ClF3N3O4S. The number of rotatable bonds is 7. The molecule has 0 amide bonds. The number of nitrogens with zero attached hydrogens (tertiary/aromatic N) is 3. The lowest BCUT2D eigenvalue weighted by Crippen LogP contribution is -2.20. The summed E-state index contributed by atoms with van der Waals surface area (Å²) < 4.78 is 50.2. The Hall–Kier alpha value is -2.50. The van der Waals surface area contributed by atoms with Crippen LogP contribution in [0.3, 0.4) is 0 Å². The van der Waals surface area contributed by atoms with Crippen molar-refractivity contribution in [2.24, 2.45) is 0 Å². The first-order valence-corrected chi connectivity index (χ1v) is 9.79. The van der Waals surface area contributed by atoms with Gasteiger partial charge in [-0.05, 0) is 30.3 Å². The third-order valence-corrected chi connectivity index (χ3v) is 5.24. The van der Waals surface area contributed by atoms with Crippen LogP contribution in [0.15, 0.2) is 41.7 Å². The molecule has 2 heterocycles. The number of aliphatic hydroxyl groups excluding tert-OH is 1. The van der Waals surface area contributed by atoms with Gasteiger partial charge in [-0.25, -0.2) is 4.79 Å². The van der Waals surface area contributed by atoms with E-state index in [0.717, 1.165) is 28.4 Å². The quantitative estimate of drug-likeness (QED) is 0.424. The van der Waals surface area contributed by atoms with E-state index >= 15 is 0 Å². The van der Waals surface area contributed by atoms with Crippen LogP contribution < -0.4 is 4.74 Å². The summed E-state index contributed by atoms with van der Waals surface area (Å²) in [4.78, 5) is 11.4. The SMILES string of the molecule is COC(=O)c1ccc(OC[C@@H](O)CSc2nnc3c(Cl)cc(C(F)(F)F)cn23)cc1. The fraction of sp³-hybridized carbons (Fsp3) is 0.278. The predicted molar refractivity (Wildman–Crippen MR) is 103 cm³/mol. The van der Waals surface area contributed by atoms with Crippen LogP contribution in [-0.4, -0.2) is 51.2 Å². The highest BCUT2D eigenvalue weighted by Gasteiger charge is 2.32. The summed E-state index contributed by atoms with van der Waals surface area (Å²) in [5, 5.41) is 17.7. The summed E-state index contributed by atoms with van der Waals surface area (Å²) in [7, 11) is 1.28. The third kappa shape index (κ3) is 5.15. The van der Waals surface area contributed by atoms with Crippen LogP contribution in [0.4, 0.5) is 13.2 Å². The number of carbonyl (C=O) groups excluding carboxylic acids is 1. The first-order chi connectivity index (χ1) is 14.2. The van der Waals surface area contributed by atoms with Gasteiger partial charge in [0.25, 0.3) is 0 Å². The van der Waals surface area contributed by atoms with Crippen molar-refractivity contribution in [3.05, 3.63) is 52.7 Å². The molecule has 0 radical (unpaired) electrons. The zero-order valence-electron chi connectivity index (χ0n) is 15.4. The summed E-state index contributed by atoms with van der Waals surface area (Å²) in [6.07, 6.45) is -4.65. The van der Waals surface area contributed by atoms with Crippen LogP contribution in [0.25, 0.3) is 5.65 Å². The number of carbonyl (C=O) groups is 1. The van der Waals surface area contributed by atoms with Crippen LogP contribution in [0.2, 0.25) is 5.02 Å². The summed E-state index contributed by atoms with van der Waals surface area (Å²) in [5.74, 6) is 0.0445. The predicted octanol–water partition coefficient (Wildman–Crippen LogP) is 3.72. The number of hydrogen-bond acceptors (Lipinski definition) is 7. The molecule has 7 nitrogen and oxygen atoms in total. The Kier molecular flexibility index (Phi) is 6.74. The van der Waals surface area contributed by atoms with Gasteiger partial charge in [-0.3, -0.25) is 4.40 Å². The molecular weight excluding hydrogens is 447 g/mol. The molecule has 2 aromatic heterocycles. The fourth-order valence-corrected chi connectivity index (χ4v) is 3.46. The average molecular weight is 462 g/mol. The molecule has 0 bridgehead atoms. The molecule has 1 N–H and O–H groups in total. The molecule has 3 rings (SSSR count). The molecule has 1 aromatic carbocycles. The maximum Gasteiger partial charge on any atom is 0.417 e. The maximum absolute atomic E-state index is 13.0. The highest BCUT2D eigenvalue weighted by molar-refractivity contribution is 7.99. The molecule has 0 fully saturated rings. The van der Waals surface area contributed by atoms with Gasteiger partial charge in [-0.15, -0.1) is 10.2 Å². The molecule has 0 aliphatic carbocycles. The van der Waals surface area contributed by atoms with Crippen molar-refractivity contribution in [3.8, 4) is 5.75 Å². The lowest BCUT2D eigenvalue weighted by molar-refractivity contribution is -0.137. The highest BCUT2D eigenvalue weighted by atomic mass is 35.5. The second-order valence-electron chi connectivity index (χ2n) is 6.04. The van der Waals surface area contributed by atoms with Gasteiger partial charge in [-0.2, -0.15) is 13.2 Å². The van der Waals surface area contributed by atoms with Crippen molar-refractivity contribution in [1.29, 1.82) is 0 Å². The number of hydrogen-bond donors (Lipinski definition) is 1. The lowest BCUT2D eigenvalue weighted by Gasteiger charge is -2.12. The summed E-state index contributed by atoms with van der Waals surface area (Å²) in [6, 6.07) is 6.94. The topological polar surface area (TPSA) is 86.0 Å². The Balaban J connectivity index is 1.60. The first kappa shape index (κ1) is 22.2. The van der Waals surface area contributed by atoms with Crippen molar-refractivity contribution in [2.45, 2.75) is 17.4 Å². The Bertz CT molecular complexity index is 1040. The molecule has 160 valence electrons. The molecule has 0 saturated carbocycles. The number of aliphatic hydroxyl groups is 1. The molecule has 0 spiro atoms. The van der Waals surface area contributed by atoms with Crippen LogP contribution in [0.1, 0.15) is 15.9 Å². The number of fused-ring (bicyclic) bond motifs is 1. The van der Waals surface area contributed by atoms with Crippen molar-refractivity contribution < 1.29 is 32.5 Å². The summed E-state index contributed by atoms with van der Waals surface area (Å²) >= 11 is 6.88. The number of benzene rings is 1. The van der Waals surface area contributed by atoms with Gasteiger partial charge >= 0.3 is 12.1 Å². The van der Waals surface area contributed by atoms with E-state index < -0.39 is 23.8 Å². The molecule has 0 aliphatic rings. The van der Waals surface area contributed by atoms with Crippen LogP contribution in [0, 0.1) is 0 Å². The second-order valence-corrected chi connectivity index (χ2v) is 7.44. The van der Waals surface area contributed by atoms with Gasteiger partial charge in [0.15, 0.2) is 10.8 Å². The number of aromatic nitrogens is 3. The smallest absolute Gasteiger partial charge is 0.417 e. The van der Waals surface area contributed by atoms with Gasteiger partial charge < -0.3 is 14.6 Å². The minimum Gasteiger partial charge on any atom is -0.491 e. The van der Waals surface area contributed by atoms with Crippen molar-refractivity contribution in [2.75, 3.05) is 19.5 Å². The highest BCUT2D eigenvalue weighted by Crippen LogP contribution is 2.33. The van der Waals surface area contributed by atoms with E-state index in [4.69, 9.17) is 16.3 Å². The molecule has 0 aliphatic heterocycles. The van der Waals surface area contributed by atoms with Gasteiger partial charge in [0.05, 0.1) is 29.4 Å². The van der Waals surface area contributed by atoms with E-state index in [2.05, 4.69) is 14.9 Å². The monoisotopic (exact) mass is 461 g/mol. The van der Waals surface area contributed by atoms with E-state index in [9.17, 15) is 23.1 Å². The van der Waals surface area contributed by atoms with E-state index in [1.165, 1.54) is 19.2 Å². The van der Waals surface area contributed by atoms with E-state index in [1.807, 2.05) is 0 Å². The summed E-state index contributed by atoms with van der Waals surface area (Å²) in [6.45, 7) is -0.0735. The number of esters is 1. The zero-order chi connectivity index (χ0) is 21.9. The molecule has 0 unspecified atom stereocenters. The minimum absolute atomic E-state index is 0.0735. The molecule has 30 heavy (non-hydrogen) atoms. The Labute approximate surface area is 177 Å². The second kappa shape index (κ2) is 9.11. The maximum atomic E-state index is 13.0. The Morgan fingerprint density at radius 1 is 1.30 bits per heavy atom. The zero-order valence-corrected chi connectivity index (χ0v) is 17.0. The molecule has 12 heteroatoms. The average Bonchev–Trinajstić information content (AvgIpc) is 3.13. The molecule has 0 saturated heterocycles. The molecule has 3 aromatic rings. The van der Waals surface area contributed by atoms with Crippen LogP contribution >= 0.6 is 23.4 Å². The number of methoxy groups -OCH3 is 1. The number of thioether (sulfide) groups is 1. The van der Waals surface area contributed by atoms with Crippen LogP contribution in [-0.2, 0) is 10.9 Å². The minimum atomic E-state index is -4.57. The molecule has 1 atom stereocenters. The van der Waals surface area contributed by atoms with E-state index in [0.29, 0.717) is 11.3 Å².